The van der Waals surface area contributed by atoms with Crippen molar-refractivity contribution in [1.29, 1.82) is 0 Å². The molecule has 0 atom stereocenters. The van der Waals surface area contributed by atoms with Gasteiger partial charge in [0.05, 0.1) is 0 Å². The predicted octanol–water partition coefficient (Wildman–Crippen LogP) is 4.45. The van der Waals surface area contributed by atoms with E-state index in [4.69, 9.17) is 0 Å². The van der Waals surface area contributed by atoms with Gasteiger partial charge in [-0.15, -0.1) is 27.8 Å². The van der Waals surface area contributed by atoms with Crippen LogP contribution in [-0.4, -0.2) is 19.6 Å². The number of pyridine rings is 1. The van der Waals surface area contributed by atoms with Gasteiger partial charge < -0.3 is 0 Å². The SMILES string of the molecule is c1csc(-c2cncc(-c3nccs3)c2-c2csnn2)c1. The maximum atomic E-state index is 4.42. The molecule has 102 valence electrons. The first-order chi connectivity index (χ1) is 10.4. The fourth-order valence-corrected chi connectivity index (χ4v) is 3.99. The summed E-state index contributed by atoms with van der Waals surface area (Å²) in [6.45, 7) is 0. The molecule has 4 nitrogen and oxygen atoms in total. The molecule has 4 heterocycles. The molecule has 0 radical (unpaired) electrons. The van der Waals surface area contributed by atoms with E-state index in [1.165, 1.54) is 16.4 Å². The van der Waals surface area contributed by atoms with Gasteiger partial charge in [0.2, 0.25) is 0 Å². The molecular formula is C14H8N4S3. The van der Waals surface area contributed by atoms with Gasteiger partial charge in [-0.2, -0.15) is 0 Å². The van der Waals surface area contributed by atoms with Gasteiger partial charge in [0.1, 0.15) is 10.7 Å². The lowest BCUT2D eigenvalue weighted by Gasteiger charge is -2.09. The summed E-state index contributed by atoms with van der Waals surface area (Å²) in [5, 5.41) is 11.2. The fraction of sp³-hybridized carbons (Fsp3) is 0. The third-order valence-corrected chi connectivity index (χ3v) is 5.23. The van der Waals surface area contributed by atoms with Crippen molar-refractivity contribution in [2.45, 2.75) is 0 Å². The van der Waals surface area contributed by atoms with Crippen LogP contribution < -0.4 is 0 Å². The van der Waals surface area contributed by atoms with Gasteiger partial charge in [0.25, 0.3) is 0 Å². The van der Waals surface area contributed by atoms with Crippen LogP contribution in [0.25, 0.3) is 32.3 Å². The van der Waals surface area contributed by atoms with Crippen LogP contribution in [-0.2, 0) is 0 Å². The number of thiazole rings is 1. The minimum absolute atomic E-state index is 0.871. The van der Waals surface area contributed by atoms with Crippen molar-refractivity contribution < 1.29 is 0 Å². The normalized spacial score (nSPS) is 10.9. The molecule has 4 rings (SSSR count). The van der Waals surface area contributed by atoms with Gasteiger partial charge in [-0.3, -0.25) is 4.98 Å². The van der Waals surface area contributed by atoms with Crippen LogP contribution in [0.5, 0.6) is 0 Å². The molecule has 0 saturated heterocycles. The van der Waals surface area contributed by atoms with Crippen LogP contribution in [0, 0.1) is 0 Å². The Hall–Kier alpha value is -1.96. The van der Waals surface area contributed by atoms with Crippen LogP contribution in [0.15, 0.2) is 46.9 Å². The van der Waals surface area contributed by atoms with Crippen molar-refractivity contribution in [2.75, 3.05) is 0 Å². The Morgan fingerprint density at radius 2 is 1.95 bits per heavy atom. The maximum Gasteiger partial charge on any atom is 0.125 e. The number of hydrogen-bond donors (Lipinski definition) is 0. The molecule has 0 N–H and O–H groups in total. The van der Waals surface area contributed by atoms with Crippen molar-refractivity contribution in [3.8, 4) is 32.3 Å². The molecule has 7 heteroatoms. The fourth-order valence-electron chi connectivity index (χ4n) is 2.15. The summed E-state index contributed by atoms with van der Waals surface area (Å²) in [5.41, 5.74) is 4.00. The van der Waals surface area contributed by atoms with E-state index >= 15 is 0 Å². The molecule has 0 spiro atoms. The highest BCUT2D eigenvalue weighted by molar-refractivity contribution is 7.14. The van der Waals surface area contributed by atoms with Gasteiger partial charge in [-0.1, -0.05) is 10.6 Å². The summed E-state index contributed by atoms with van der Waals surface area (Å²) in [4.78, 5) is 9.98. The topological polar surface area (TPSA) is 51.6 Å². The van der Waals surface area contributed by atoms with Gasteiger partial charge in [-0.05, 0) is 23.0 Å². The summed E-state index contributed by atoms with van der Waals surface area (Å²) in [6.07, 6.45) is 5.54. The third-order valence-electron chi connectivity index (χ3n) is 3.01. The third kappa shape index (κ3) is 2.29. The minimum atomic E-state index is 0.871. The lowest BCUT2D eigenvalue weighted by molar-refractivity contribution is 1.16. The van der Waals surface area contributed by atoms with Crippen LogP contribution >= 0.6 is 34.2 Å². The summed E-state index contributed by atoms with van der Waals surface area (Å²) < 4.78 is 4.00. The lowest BCUT2D eigenvalue weighted by Crippen LogP contribution is -1.91. The second-order valence-electron chi connectivity index (χ2n) is 4.21. The first kappa shape index (κ1) is 12.8. The first-order valence-electron chi connectivity index (χ1n) is 6.12. The van der Waals surface area contributed by atoms with E-state index in [-0.39, 0.29) is 0 Å². The Bertz CT molecular complexity index is 784. The first-order valence-corrected chi connectivity index (χ1v) is 8.72. The zero-order valence-corrected chi connectivity index (χ0v) is 13.1. The highest BCUT2D eigenvalue weighted by Crippen LogP contribution is 2.40. The number of nitrogens with zero attached hydrogens (tertiary/aromatic N) is 4. The molecule has 4 aromatic rings. The quantitative estimate of drug-likeness (QED) is 0.557. The largest absolute Gasteiger partial charge is 0.263 e. The van der Waals surface area contributed by atoms with Crippen molar-refractivity contribution in [3.63, 3.8) is 0 Å². The number of aromatic nitrogens is 4. The number of thiophene rings is 1. The smallest absolute Gasteiger partial charge is 0.125 e. The molecule has 0 bridgehead atoms. The van der Waals surface area contributed by atoms with E-state index in [0.29, 0.717) is 0 Å². The molecule has 0 aromatic carbocycles. The van der Waals surface area contributed by atoms with E-state index in [1.807, 2.05) is 29.2 Å². The van der Waals surface area contributed by atoms with E-state index in [2.05, 4.69) is 31.0 Å². The van der Waals surface area contributed by atoms with Crippen molar-refractivity contribution in [2.24, 2.45) is 0 Å². The summed E-state index contributed by atoms with van der Waals surface area (Å²) in [5.74, 6) is 0. The highest BCUT2D eigenvalue weighted by atomic mass is 32.1. The molecule has 0 saturated carbocycles. The van der Waals surface area contributed by atoms with E-state index < -0.39 is 0 Å². The van der Waals surface area contributed by atoms with Crippen molar-refractivity contribution >= 4 is 34.2 Å². The van der Waals surface area contributed by atoms with Gasteiger partial charge in [-0.25, -0.2) is 4.98 Å². The van der Waals surface area contributed by atoms with Crippen LogP contribution in [0.3, 0.4) is 0 Å². The molecule has 21 heavy (non-hydrogen) atoms. The summed E-state index contributed by atoms with van der Waals surface area (Å²) in [7, 11) is 0. The summed E-state index contributed by atoms with van der Waals surface area (Å²) in [6, 6.07) is 4.13. The zero-order valence-electron chi connectivity index (χ0n) is 10.6. The maximum absolute atomic E-state index is 4.42. The monoisotopic (exact) mass is 328 g/mol. The molecule has 0 fully saturated rings. The van der Waals surface area contributed by atoms with Gasteiger partial charge >= 0.3 is 0 Å². The minimum Gasteiger partial charge on any atom is -0.263 e. The zero-order chi connectivity index (χ0) is 14.1. The predicted molar refractivity (Wildman–Crippen MR) is 87.6 cm³/mol. The molecule has 0 unspecified atom stereocenters. The molecule has 0 aliphatic heterocycles. The Kier molecular flexibility index (Phi) is 3.30. The van der Waals surface area contributed by atoms with Crippen LogP contribution in [0.1, 0.15) is 0 Å². The molecule has 0 amide bonds. The molecule has 0 aliphatic rings. The Morgan fingerprint density at radius 1 is 1.00 bits per heavy atom. The second-order valence-corrected chi connectivity index (χ2v) is 6.67. The second kappa shape index (κ2) is 5.44. The van der Waals surface area contributed by atoms with Crippen LogP contribution in [0.4, 0.5) is 0 Å². The Morgan fingerprint density at radius 3 is 2.67 bits per heavy atom. The van der Waals surface area contributed by atoms with E-state index in [1.54, 1.807) is 28.9 Å². The molecule has 0 aliphatic carbocycles. The van der Waals surface area contributed by atoms with E-state index in [9.17, 15) is 0 Å². The lowest BCUT2D eigenvalue weighted by atomic mass is 10.0. The number of hydrogen-bond acceptors (Lipinski definition) is 7. The van der Waals surface area contributed by atoms with Crippen LogP contribution in [0.2, 0.25) is 0 Å². The standard InChI is InChI=1S/C14H8N4S3/c1-2-12(19-4-1)9-6-15-7-10(14-16-3-5-20-14)13(9)11-8-21-18-17-11/h1-8H. The van der Waals surface area contributed by atoms with Crippen molar-refractivity contribution in [1.82, 2.24) is 19.6 Å². The number of rotatable bonds is 3. The van der Waals surface area contributed by atoms with Crippen molar-refractivity contribution in [3.05, 3.63) is 46.9 Å². The Balaban J connectivity index is 2.03. The average molecular weight is 328 g/mol. The average Bonchev–Trinajstić information content (AvgIpc) is 3.28. The molecular weight excluding hydrogens is 320 g/mol. The van der Waals surface area contributed by atoms with Gasteiger partial charge in [0.15, 0.2) is 0 Å². The van der Waals surface area contributed by atoms with Gasteiger partial charge in [0, 0.05) is 50.9 Å². The molecule has 4 aromatic heterocycles. The summed E-state index contributed by atoms with van der Waals surface area (Å²) >= 11 is 4.64. The Labute approximate surface area is 133 Å². The highest BCUT2D eigenvalue weighted by Gasteiger charge is 2.18. The van der Waals surface area contributed by atoms with E-state index in [0.717, 1.165) is 27.4 Å².